The van der Waals surface area contributed by atoms with Crippen LogP contribution < -0.4 is 0 Å². The number of benzene rings is 6. The Kier molecular flexibility index (Phi) is 7.84. The van der Waals surface area contributed by atoms with E-state index in [2.05, 4.69) is 154 Å². The molecule has 56 heavy (non-hydrogen) atoms. The van der Waals surface area contributed by atoms with Gasteiger partial charge in [-0.15, -0.1) is 0 Å². The predicted molar refractivity (Wildman–Crippen MR) is 233 cm³/mol. The van der Waals surface area contributed by atoms with E-state index < -0.39 is 19.8 Å². The fraction of sp³-hybridized carbons (Fsp3) is 0. The molecule has 11 rings (SSSR count). The first-order chi connectivity index (χ1) is 27.8. The monoisotopic (exact) mass is 830 g/mol. The Hall–Kier alpha value is -6.84. The van der Waals surface area contributed by atoms with Crippen LogP contribution in [0.2, 0.25) is 0 Å². The van der Waals surface area contributed by atoms with Crippen LogP contribution in [-0.4, -0.2) is 29.5 Å². The summed E-state index contributed by atoms with van der Waals surface area (Å²) in [6.07, 6.45) is 3.51. The normalized spacial score (nSPS) is 12.5. The number of para-hydroxylation sites is 1. The summed E-state index contributed by atoms with van der Waals surface area (Å²) in [6, 6.07) is 62.8. The van der Waals surface area contributed by atoms with E-state index in [9.17, 15) is 0 Å². The molecule has 0 bridgehead atoms. The molecule has 0 saturated carbocycles. The molecule has 0 aliphatic carbocycles. The maximum absolute atomic E-state index is 5.02. The van der Waals surface area contributed by atoms with Crippen LogP contribution >= 0.6 is 19.8 Å². The number of aromatic nitrogens is 6. The molecule has 10 aromatic rings. The van der Waals surface area contributed by atoms with Gasteiger partial charge in [0.2, 0.25) is 0 Å². The number of hydrogen-bond donors (Lipinski definition) is 0. The summed E-state index contributed by atoms with van der Waals surface area (Å²) in [5.74, 6) is 1.50. The third kappa shape index (κ3) is 5.50. The SMILES string of the molecule is c1ccc(-c2ccc(I3c4ccccc4-c4cc(-c5ccc6c(c5)c5ccccc5n6-c5nc(-c6ccccn6)nc(-c6ccccn6)n5)ccc43)cc2)cc1. The Morgan fingerprint density at radius 3 is 1.73 bits per heavy atom. The van der Waals surface area contributed by atoms with E-state index in [-0.39, 0.29) is 0 Å². The summed E-state index contributed by atoms with van der Waals surface area (Å²) < 4.78 is 6.58. The van der Waals surface area contributed by atoms with E-state index in [4.69, 9.17) is 15.0 Å². The molecule has 0 fully saturated rings. The van der Waals surface area contributed by atoms with Crippen LogP contribution in [-0.2, 0) is 0 Å². The fourth-order valence-corrected chi connectivity index (χ4v) is 13.9. The quantitative estimate of drug-likeness (QED) is 0.156. The van der Waals surface area contributed by atoms with Crippen molar-refractivity contribution in [2.24, 2.45) is 0 Å². The summed E-state index contributed by atoms with van der Waals surface area (Å²) in [6.45, 7) is 0. The second-order valence-electron chi connectivity index (χ2n) is 13.6. The number of rotatable bonds is 6. The summed E-state index contributed by atoms with van der Waals surface area (Å²) in [4.78, 5) is 24.0. The van der Waals surface area contributed by atoms with Crippen molar-refractivity contribution in [3.8, 4) is 62.4 Å². The minimum atomic E-state index is -1.89. The van der Waals surface area contributed by atoms with E-state index in [0.29, 0.717) is 29.0 Å². The van der Waals surface area contributed by atoms with E-state index >= 15 is 0 Å². The van der Waals surface area contributed by atoms with Gasteiger partial charge in [-0.05, 0) is 24.3 Å². The number of nitrogens with zero attached hydrogens (tertiary/aromatic N) is 6. The number of hydrogen-bond acceptors (Lipinski definition) is 5. The van der Waals surface area contributed by atoms with Crippen LogP contribution in [0.1, 0.15) is 0 Å². The molecule has 0 spiro atoms. The second-order valence-corrected chi connectivity index (χ2v) is 18.8. The Balaban J connectivity index is 1.03. The molecule has 6 aromatic carbocycles. The van der Waals surface area contributed by atoms with Crippen LogP contribution in [0.25, 0.3) is 84.2 Å². The minimum absolute atomic E-state index is 0.492. The topological polar surface area (TPSA) is 69.4 Å². The van der Waals surface area contributed by atoms with Gasteiger partial charge in [0.25, 0.3) is 0 Å². The standard InChI is InChI=1S/C49H31IN6/c1-2-12-32(13-3-1)33-20-24-36(25-21-33)50-41-16-6-4-14-37(41)39-30-34(22-26-42(39)50)35-23-27-46-40(31-35)38-15-5-7-19-45(38)56(46)49-54-47(43-17-8-10-28-51-43)53-48(55-49)44-18-9-11-29-52-44/h1-31H. The predicted octanol–water partition coefficient (Wildman–Crippen LogP) is 11.8. The van der Waals surface area contributed by atoms with Crippen LogP contribution in [0, 0.1) is 10.7 Å². The van der Waals surface area contributed by atoms with Crippen molar-refractivity contribution in [1.29, 1.82) is 0 Å². The van der Waals surface area contributed by atoms with Gasteiger partial charge < -0.3 is 0 Å². The molecule has 0 unspecified atom stereocenters. The molecule has 264 valence electrons. The van der Waals surface area contributed by atoms with Crippen molar-refractivity contribution in [2.45, 2.75) is 0 Å². The molecule has 0 radical (unpaired) electrons. The molecule has 4 aromatic heterocycles. The van der Waals surface area contributed by atoms with Crippen molar-refractivity contribution in [1.82, 2.24) is 29.5 Å². The van der Waals surface area contributed by atoms with Crippen LogP contribution in [0.4, 0.5) is 0 Å². The Labute approximate surface area is 330 Å². The summed E-state index contributed by atoms with van der Waals surface area (Å²) in [5, 5.41) is 2.26. The first kappa shape index (κ1) is 32.6. The van der Waals surface area contributed by atoms with Gasteiger partial charge in [0.1, 0.15) is 11.4 Å². The number of fused-ring (bicyclic) bond motifs is 6. The van der Waals surface area contributed by atoms with Gasteiger partial charge in [-0.1, -0.05) is 12.1 Å². The van der Waals surface area contributed by atoms with Gasteiger partial charge in [0, 0.05) is 12.4 Å². The summed E-state index contributed by atoms with van der Waals surface area (Å²) in [5.41, 5.74) is 10.9. The number of halogens is 1. The van der Waals surface area contributed by atoms with Gasteiger partial charge in [-0.2, -0.15) is 0 Å². The van der Waals surface area contributed by atoms with E-state index in [0.717, 1.165) is 21.8 Å². The van der Waals surface area contributed by atoms with E-state index in [1.807, 2.05) is 36.4 Å². The molecular weight excluding hydrogens is 799 g/mol. The van der Waals surface area contributed by atoms with Crippen molar-refractivity contribution in [3.05, 3.63) is 199 Å². The van der Waals surface area contributed by atoms with Crippen molar-refractivity contribution < 1.29 is 0 Å². The van der Waals surface area contributed by atoms with Crippen molar-refractivity contribution in [3.63, 3.8) is 0 Å². The fourth-order valence-electron chi connectivity index (χ4n) is 7.72. The zero-order valence-electron chi connectivity index (χ0n) is 30.0. The molecule has 1 aliphatic rings. The molecule has 1 aliphatic heterocycles. The third-order valence-corrected chi connectivity index (χ3v) is 16.5. The summed E-state index contributed by atoms with van der Waals surface area (Å²) in [7, 11) is 0. The zero-order chi connectivity index (χ0) is 37.0. The molecule has 7 heteroatoms. The van der Waals surface area contributed by atoms with Crippen molar-refractivity contribution >= 4 is 41.6 Å². The van der Waals surface area contributed by atoms with Crippen LogP contribution in [0.15, 0.2) is 188 Å². The second kappa shape index (κ2) is 13.5. The van der Waals surface area contributed by atoms with E-state index in [1.54, 1.807) is 12.4 Å². The average molecular weight is 831 g/mol. The molecule has 6 nitrogen and oxygen atoms in total. The van der Waals surface area contributed by atoms with Gasteiger partial charge in [-0.3, -0.25) is 9.97 Å². The Morgan fingerprint density at radius 2 is 0.982 bits per heavy atom. The zero-order valence-corrected chi connectivity index (χ0v) is 32.1. The average Bonchev–Trinajstić information content (AvgIpc) is 3.79. The van der Waals surface area contributed by atoms with Gasteiger partial charge >= 0.3 is 257 Å². The molecule has 0 amide bonds. The van der Waals surface area contributed by atoms with E-state index in [1.165, 1.54) is 44.1 Å². The van der Waals surface area contributed by atoms with Gasteiger partial charge in [0.15, 0.2) is 0 Å². The molecule has 5 heterocycles. The first-order valence-corrected chi connectivity index (χ1v) is 21.7. The summed E-state index contributed by atoms with van der Waals surface area (Å²) >= 11 is -1.89. The molecule has 0 N–H and O–H groups in total. The van der Waals surface area contributed by atoms with Gasteiger partial charge in [-0.25, -0.2) is 4.98 Å². The Bertz CT molecular complexity index is 3020. The number of pyridine rings is 2. The van der Waals surface area contributed by atoms with Crippen molar-refractivity contribution in [2.75, 3.05) is 0 Å². The Morgan fingerprint density at radius 1 is 0.393 bits per heavy atom. The van der Waals surface area contributed by atoms with Gasteiger partial charge in [0.05, 0.1) is 0 Å². The molecule has 0 saturated heterocycles. The third-order valence-electron chi connectivity index (χ3n) is 10.3. The van der Waals surface area contributed by atoms with Crippen LogP contribution in [0.3, 0.4) is 0 Å². The molecular formula is C49H31IN6. The molecule has 0 atom stereocenters. The first-order valence-electron chi connectivity index (χ1n) is 18.5. The van der Waals surface area contributed by atoms with Crippen LogP contribution in [0.5, 0.6) is 0 Å². The maximum atomic E-state index is 5.02.